The number of alkyl halides is 2. The Morgan fingerprint density at radius 2 is 2.17 bits per heavy atom. The molecule has 0 radical (unpaired) electrons. The van der Waals surface area contributed by atoms with Crippen molar-refractivity contribution in [1.82, 2.24) is 10.4 Å². The molecular weight excluding hydrogens is 308 g/mol. The number of methoxy groups -OCH3 is 1. The van der Waals surface area contributed by atoms with Gasteiger partial charge in [-0.25, -0.2) is 5.43 Å². The number of hydrogen-bond acceptors (Lipinski definition) is 5. The van der Waals surface area contributed by atoms with Gasteiger partial charge in [0.05, 0.1) is 18.9 Å². The Hall–Kier alpha value is -3.03. The number of carbonyl (C=O) groups is 1. The summed E-state index contributed by atoms with van der Waals surface area (Å²) >= 11 is 0. The number of rotatable bonds is 6. The maximum Gasteiger partial charge on any atom is 0.387 e. The van der Waals surface area contributed by atoms with Crippen molar-refractivity contribution < 1.29 is 23.0 Å². The normalized spacial score (nSPS) is 10.8. The molecule has 2 rings (SSSR count). The summed E-state index contributed by atoms with van der Waals surface area (Å²) < 4.78 is 33.7. The Balaban J connectivity index is 2.03. The van der Waals surface area contributed by atoms with Crippen molar-refractivity contribution in [3.63, 3.8) is 0 Å². The lowest BCUT2D eigenvalue weighted by Crippen LogP contribution is -2.17. The summed E-state index contributed by atoms with van der Waals surface area (Å²) in [6.07, 6.45) is 4.31. The van der Waals surface area contributed by atoms with Gasteiger partial charge in [-0.15, -0.1) is 0 Å². The van der Waals surface area contributed by atoms with E-state index in [-0.39, 0.29) is 11.5 Å². The van der Waals surface area contributed by atoms with Crippen molar-refractivity contribution in [2.75, 3.05) is 7.11 Å². The Labute approximate surface area is 130 Å². The van der Waals surface area contributed by atoms with E-state index in [2.05, 4.69) is 20.2 Å². The van der Waals surface area contributed by atoms with Crippen molar-refractivity contribution in [2.45, 2.75) is 6.61 Å². The Bertz CT molecular complexity index is 694. The second-order valence-electron chi connectivity index (χ2n) is 4.23. The molecule has 1 aromatic heterocycles. The maximum atomic E-state index is 12.2. The summed E-state index contributed by atoms with van der Waals surface area (Å²) in [5, 5.41) is 3.79. The van der Waals surface area contributed by atoms with Gasteiger partial charge in [-0.2, -0.15) is 13.9 Å². The monoisotopic (exact) mass is 321 g/mol. The van der Waals surface area contributed by atoms with E-state index in [4.69, 9.17) is 4.74 Å². The molecule has 0 unspecified atom stereocenters. The van der Waals surface area contributed by atoms with Gasteiger partial charge in [-0.3, -0.25) is 9.78 Å². The lowest BCUT2D eigenvalue weighted by Gasteiger charge is -2.09. The molecule has 0 bridgehead atoms. The van der Waals surface area contributed by atoms with Gasteiger partial charge in [0, 0.05) is 12.4 Å². The number of nitrogens with zero attached hydrogens (tertiary/aromatic N) is 2. The van der Waals surface area contributed by atoms with Gasteiger partial charge in [0.1, 0.15) is 0 Å². The Morgan fingerprint density at radius 3 is 2.83 bits per heavy atom. The lowest BCUT2D eigenvalue weighted by molar-refractivity contribution is -0.0512. The van der Waals surface area contributed by atoms with Crippen LogP contribution < -0.4 is 14.9 Å². The first-order chi connectivity index (χ1) is 11.1. The third-order valence-corrected chi connectivity index (χ3v) is 2.71. The van der Waals surface area contributed by atoms with Gasteiger partial charge in [0.15, 0.2) is 11.5 Å². The molecular formula is C15H13F2N3O3. The number of aromatic nitrogens is 1. The molecule has 0 atom stereocenters. The molecule has 0 aliphatic carbocycles. The number of hydrogen-bond donors (Lipinski definition) is 1. The van der Waals surface area contributed by atoms with Gasteiger partial charge in [0.2, 0.25) is 0 Å². The van der Waals surface area contributed by atoms with E-state index in [1.807, 2.05) is 0 Å². The number of pyridine rings is 1. The summed E-state index contributed by atoms with van der Waals surface area (Å²) in [6.45, 7) is -2.94. The molecule has 23 heavy (non-hydrogen) atoms. The molecule has 0 saturated carbocycles. The van der Waals surface area contributed by atoms with Gasteiger partial charge in [0.25, 0.3) is 5.91 Å². The zero-order valence-corrected chi connectivity index (χ0v) is 12.1. The van der Waals surface area contributed by atoms with Crippen LogP contribution >= 0.6 is 0 Å². The first-order valence-corrected chi connectivity index (χ1v) is 6.46. The quantitative estimate of drug-likeness (QED) is 0.655. The van der Waals surface area contributed by atoms with Crippen LogP contribution in [0.1, 0.15) is 15.9 Å². The molecule has 1 heterocycles. The molecule has 0 spiro atoms. The molecule has 120 valence electrons. The van der Waals surface area contributed by atoms with E-state index < -0.39 is 12.5 Å². The van der Waals surface area contributed by atoms with E-state index in [1.165, 1.54) is 37.7 Å². The maximum absolute atomic E-state index is 12.2. The predicted molar refractivity (Wildman–Crippen MR) is 78.9 cm³/mol. The predicted octanol–water partition coefficient (Wildman–Crippen LogP) is 2.46. The molecule has 0 aliphatic heterocycles. The fraction of sp³-hybridized carbons (Fsp3) is 0.133. The van der Waals surface area contributed by atoms with Crippen molar-refractivity contribution in [3.05, 3.63) is 53.9 Å². The van der Waals surface area contributed by atoms with Crippen molar-refractivity contribution >= 4 is 12.1 Å². The zero-order valence-electron chi connectivity index (χ0n) is 12.1. The molecule has 2 aromatic rings. The summed E-state index contributed by atoms with van der Waals surface area (Å²) in [7, 11) is 1.33. The average molecular weight is 321 g/mol. The standard InChI is InChI=1S/C15H13F2N3O3/c1-22-13-7-10(4-5-12(13)23-15(16)17)8-19-20-14(21)11-3-2-6-18-9-11/h2-9,15H,1H3,(H,20,21)/b19-8-. The second kappa shape index (κ2) is 7.83. The highest BCUT2D eigenvalue weighted by atomic mass is 19.3. The van der Waals surface area contributed by atoms with E-state index in [9.17, 15) is 13.6 Å². The number of benzene rings is 1. The van der Waals surface area contributed by atoms with Crippen LogP contribution in [0.25, 0.3) is 0 Å². The van der Waals surface area contributed by atoms with Crippen LogP contribution in [0.15, 0.2) is 47.8 Å². The molecule has 1 N–H and O–H groups in total. The van der Waals surface area contributed by atoms with E-state index in [0.29, 0.717) is 11.1 Å². The highest BCUT2D eigenvalue weighted by molar-refractivity contribution is 5.94. The molecule has 1 aromatic carbocycles. The Kier molecular flexibility index (Phi) is 5.56. The highest BCUT2D eigenvalue weighted by Gasteiger charge is 2.10. The summed E-state index contributed by atoms with van der Waals surface area (Å²) in [6, 6.07) is 7.51. The number of halogens is 2. The molecule has 0 fully saturated rings. The van der Waals surface area contributed by atoms with Crippen LogP contribution in [0.4, 0.5) is 8.78 Å². The lowest BCUT2D eigenvalue weighted by atomic mass is 10.2. The zero-order chi connectivity index (χ0) is 16.7. The van der Waals surface area contributed by atoms with Crippen molar-refractivity contribution in [3.8, 4) is 11.5 Å². The van der Waals surface area contributed by atoms with Crippen molar-refractivity contribution in [1.29, 1.82) is 0 Å². The first-order valence-electron chi connectivity index (χ1n) is 6.46. The minimum Gasteiger partial charge on any atom is -0.493 e. The molecule has 0 aliphatic rings. The van der Waals surface area contributed by atoms with Gasteiger partial charge in [-0.1, -0.05) is 0 Å². The minimum absolute atomic E-state index is 0.0842. The second-order valence-corrected chi connectivity index (χ2v) is 4.23. The van der Waals surface area contributed by atoms with Crippen LogP contribution in [0, 0.1) is 0 Å². The largest absolute Gasteiger partial charge is 0.493 e. The van der Waals surface area contributed by atoms with Crippen LogP contribution in [0.2, 0.25) is 0 Å². The van der Waals surface area contributed by atoms with Gasteiger partial charge in [-0.05, 0) is 35.9 Å². The van der Waals surface area contributed by atoms with Crippen LogP contribution in [-0.2, 0) is 0 Å². The third-order valence-electron chi connectivity index (χ3n) is 2.71. The SMILES string of the molecule is COc1cc(/C=N\NC(=O)c2cccnc2)ccc1OC(F)F. The number of carbonyl (C=O) groups excluding carboxylic acids is 1. The molecule has 8 heteroatoms. The van der Waals surface area contributed by atoms with Crippen molar-refractivity contribution in [2.24, 2.45) is 5.10 Å². The van der Waals surface area contributed by atoms with Crippen LogP contribution in [0.3, 0.4) is 0 Å². The fourth-order valence-corrected chi connectivity index (χ4v) is 1.68. The number of amides is 1. The molecule has 1 amide bonds. The third kappa shape index (κ3) is 4.73. The highest BCUT2D eigenvalue weighted by Crippen LogP contribution is 2.28. The minimum atomic E-state index is -2.94. The van der Waals surface area contributed by atoms with Gasteiger partial charge >= 0.3 is 6.61 Å². The average Bonchev–Trinajstić information content (AvgIpc) is 2.56. The molecule has 6 nitrogen and oxygen atoms in total. The summed E-state index contributed by atoms with van der Waals surface area (Å²) in [5.41, 5.74) is 3.23. The molecule has 0 saturated heterocycles. The summed E-state index contributed by atoms with van der Waals surface area (Å²) in [5.74, 6) is -0.370. The van der Waals surface area contributed by atoms with Crippen LogP contribution in [-0.4, -0.2) is 30.8 Å². The van der Waals surface area contributed by atoms with Gasteiger partial charge < -0.3 is 9.47 Å². The fourth-order valence-electron chi connectivity index (χ4n) is 1.68. The topological polar surface area (TPSA) is 72.8 Å². The number of hydrazone groups is 1. The smallest absolute Gasteiger partial charge is 0.387 e. The van der Waals surface area contributed by atoms with E-state index in [0.717, 1.165) is 0 Å². The Morgan fingerprint density at radius 1 is 1.35 bits per heavy atom. The number of ether oxygens (including phenoxy) is 2. The number of nitrogens with one attached hydrogen (secondary N) is 1. The van der Waals surface area contributed by atoms with E-state index >= 15 is 0 Å². The van der Waals surface area contributed by atoms with E-state index in [1.54, 1.807) is 18.3 Å². The van der Waals surface area contributed by atoms with Crippen LogP contribution in [0.5, 0.6) is 11.5 Å². The summed E-state index contributed by atoms with van der Waals surface area (Å²) in [4.78, 5) is 15.6. The first kappa shape index (κ1) is 16.3.